The molecule has 4 nitrogen and oxygen atoms in total. The number of ether oxygens (including phenoxy) is 1. The van der Waals surface area contributed by atoms with E-state index in [9.17, 15) is 0 Å². The number of hydrogen-bond donors (Lipinski definition) is 3. The first-order valence-corrected chi connectivity index (χ1v) is 2.87. The molecular formula is C5H10O4. The molecule has 1 aliphatic heterocycles. The maximum atomic E-state index is 8.86. The van der Waals surface area contributed by atoms with Crippen LogP contribution in [0.2, 0.25) is 0 Å². The minimum absolute atomic E-state index is 0.305. The molecule has 9 heavy (non-hydrogen) atoms. The number of hydrogen-bond acceptors (Lipinski definition) is 4. The van der Waals surface area contributed by atoms with Gasteiger partial charge in [0, 0.05) is 0 Å². The van der Waals surface area contributed by atoms with Crippen molar-refractivity contribution in [3.05, 3.63) is 0 Å². The molecule has 1 aliphatic rings. The lowest BCUT2D eigenvalue weighted by molar-refractivity contribution is -0.219. The van der Waals surface area contributed by atoms with Crippen LogP contribution in [0.25, 0.3) is 0 Å². The third kappa shape index (κ3) is 1.40. The van der Waals surface area contributed by atoms with Crippen molar-refractivity contribution in [3.63, 3.8) is 0 Å². The number of rotatable bonds is 0. The highest BCUT2D eigenvalue weighted by Gasteiger charge is 2.29. The second-order valence-corrected chi connectivity index (χ2v) is 2.11. The summed E-state index contributed by atoms with van der Waals surface area (Å²) >= 11 is 0. The van der Waals surface area contributed by atoms with E-state index in [-0.39, 0.29) is 0 Å². The van der Waals surface area contributed by atoms with Crippen LogP contribution >= 0.6 is 0 Å². The first-order chi connectivity index (χ1) is 4.22. The fourth-order valence-corrected chi connectivity index (χ4v) is 0.769. The van der Waals surface area contributed by atoms with Gasteiger partial charge >= 0.3 is 0 Å². The van der Waals surface area contributed by atoms with Crippen molar-refractivity contribution in [2.24, 2.45) is 0 Å². The van der Waals surface area contributed by atoms with E-state index in [4.69, 9.17) is 15.3 Å². The molecule has 0 radical (unpaired) electrons. The Balaban J connectivity index is 2.41. The summed E-state index contributed by atoms with van der Waals surface area (Å²) in [6.07, 6.45) is -2.81. The van der Waals surface area contributed by atoms with Crippen LogP contribution in [0.5, 0.6) is 0 Å². The molecule has 0 bridgehead atoms. The predicted octanol–water partition coefficient (Wildman–Crippen LogP) is -1.55. The van der Waals surface area contributed by atoms with Gasteiger partial charge in [0.15, 0.2) is 6.29 Å². The van der Waals surface area contributed by atoms with E-state index in [1.54, 1.807) is 0 Å². The molecule has 0 spiro atoms. The second kappa shape index (κ2) is 2.62. The summed E-state index contributed by atoms with van der Waals surface area (Å²) in [4.78, 5) is 0. The lowest BCUT2D eigenvalue weighted by Crippen LogP contribution is -2.44. The molecule has 1 saturated heterocycles. The Hall–Kier alpha value is -0.160. The van der Waals surface area contributed by atoms with E-state index < -0.39 is 18.5 Å². The molecule has 1 unspecified atom stereocenters. The quantitative estimate of drug-likeness (QED) is 0.375. The highest BCUT2D eigenvalue weighted by Crippen LogP contribution is 2.11. The zero-order valence-corrected chi connectivity index (χ0v) is 4.90. The zero-order valence-electron chi connectivity index (χ0n) is 4.90. The normalized spacial score (nSPS) is 45.0. The SMILES string of the molecule is OC1CCO[C@H](O)[C@@H]1O. The van der Waals surface area contributed by atoms with Gasteiger partial charge in [0.1, 0.15) is 6.10 Å². The van der Waals surface area contributed by atoms with Crippen molar-refractivity contribution in [2.75, 3.05) is 6.61 Å². The Morgan fingerprint density at radius 1 is 1.22 bits per heavy atom. The van der Waals surface area contributed by atoms with E-state index in [0.717, 1.165) is 0 Å². The van der Waals surface area contributed by atoms with Crippen LogP contribution in [0.4, 0.5) is 0 Å². The monoisotopic (exact) mass is 134 g/mol. The van der Waals surface area contributed by atoms with Crippen molar-refractivity contribution in [3.8, 4) is 0 Å². The lowest BCUT2D eigenvalue weighted by Gasteiger charge is -2.27. The van der Waals surface area contributed by atoms with Crippen LogP contribution in [0.15, 0.2) is 0 Å². The molecule has 0 aromatic carbocycles. The molecule has 3 N–H and O–H groups in total. The van der Waals surface area contributed by atoms with E-state index in [1.165, 1.54) is 0 Å². The van der Waals surface area contributed by atoms with Crippen molar-refractivity contribution in [1.29, 1.82) is 0 Å². The van der Waals surface area contributed by atoms with Gasteiger partial charge in [-0.3, -0.25) is 0 Å². The molecule has 0 amide bonds. The van der Waals surface area contributed by atoms with E-state index >= 15 is 0 Å². The number of aliphatic hydroxyl groups is 3. The van der Waals surface area contributed by atoms with Gasteiger partial charge < -0.3 is 20.1 Å². The standard InChI is InChI=1S/C5H10O4/c6-3-1-2-9-5(8)4(3)7/h3-8H,1-2H2/t3?,4-,5+/m1/s1. The summed E-state index contributed by atoms with van der Waals surface area (Å²) in [7, 11) is 0. The second-order valence-electron chi connectivity index (χ2n) is 2.11. The fourth-order valence-electron chi connectivity index (χ4n) is 0.769. The van der Waals surface area contributed by atoms with E-state index in [1.807, 2.05) is 0 Å². The molecule has 54 valence electrons. The first kappa shape index (κ1) is 6.95. The molecule has 3 atom stereocenters. The van der Waals surface area contributed by atoms with Crippen LogP contribution < -0.4 is 0 Å². The Morgan fingerprint density at radius 2 is 1.89 bits per heavy atom. The van der Waals surface area contributed by atoms with Crippen molar-refractivity contribution in [1.82, 2.24) is 0 Å². The maximum absolute atomic E-state index is 8.86. The van der Waals surface area contributed by atoms with Gasteiger partial charge in [-0.1, -0.05) is 0 Å². The Labute approximate surface area is 52.7 Å². The first-order valence-electron chi connectivity index (χ1n) is 2.87. The molecule has 0 aromatic heterocycles. The molecular weight excluding hydrogens is 124 g/mol. The average Bonchev–Trinajstić information content (AvgIpc) is 1.83. The predicted molar refractivity (Wildman–Crippen MR) is 28.6 cm³/mol. The van der Waals surface area contributed by atoms with Gasteiger partial charge in [0.25, 0.3) is 0 Å². The van der Waals surface area contributed by atoms with Gasteiger partial charge in [-0.2, -0.15) is 0 Å². The van der Waals surface area contributed by atoms with Gasteiger partial charge in [-0.05, 0) is 6.42 Å². The van der Waals surface area contributed by atoms with Gasteiger partial charge in [0.2, 0.25) is 0 Å². The summed E-state index contributed by atoms with van der Waals surface area (Å²) < 4.78 is 4.61. The van der Waals surface area contributed by atoms with Gasteiger partial charge in [0.05, 0.1) is 12.7 Å². The van der Waals surface area contributed by atoms with Crippen molar-refractivity contribution < 1.29 is 20.1 Å². The summed E-state index contributed by atoms with van der Waals surface area (Å²) in [6.45, 7) is 0.305. The van der Waals surface area contributed by atoms with E-state index in [0.29, 0.717) is 13.0 Å². The topological polar surface area (TPSA) is 69.9 Å². The average molecular weight is 134 g/mol. The maximum Gasteiger partial charge on any atom is 0.183 e. The van der Waals surface area contributed by atoms with Gasteiger partial charge in [-0.25, -0.2) is 0 Å². The minimum atomic E-state index is -1.21. The van der Waals surface area contributed by atoms with Crippen LogP contribution in [0, 0.1) is 0 Å². The molecule has 1 fully saturated rings. The molecule has 1 rings (SSSR count). The molecule has 4 heteroatoms. The van der Waals surface area contributed by atoms with Crippen molar-refractivity contribution >= 4 is 0 Å². The third-order valence-corrected chi connectivity index (χ3v) is 1.39. The summed E-state index contributed by atoms with van der Waals surface area (Å²) in [5, 5.41) is 26.4. The molecule has 0 aromatic rings. The smallest absolute Gasteiger partial charge is 0.183 e. The van der Waals surface area contributed by atoms with Crippen LogP contribution in [0.3, 0.4) is 0 Å². The molecule has 0 aliphatic carbocycles. The molecule has 1 heterocycles. The summed E-state index contributed by atoms with van der Waals surface area (Å²) in [6, 6.07) is 0. The third-order valence-electron chi connectivity index (χ3n) is 1.39. The highest BCUT2D eigenvalue weighted by atomic mass is 16.6. The number of aliphatic hydroxyl groups excluding tert-OH is 3. The molecule has 0 saturated carbocycles. The Morgan fingerprint density at radius 3 is 2.33 bits per heavy atom. The summed E-state index contributed by atoms with van der Waals surface area (Å²) in [5.41, 5.74) is 0. The zero-order chi connectivity index (χ0) is 6.85. The van der Waals surface area contributed by atoms with Crippen molar-refractivity contribution in [2.45, 2.75) is 24.9 Å². The fraction of sp³-hybridized carbons (Fsp3) is 1.00. The van der Waals surface area contributed by atoms with Crippen LogP contribution in [-0.4, -0.2) is 40.4 Å². The summed E-state index contributed by atoms with van der Waals surface area (Å²) in [5.74, 6) is 0. The van der Waals surface area contributed by atoms with Crippen LogP contribution in [-0.2, 0) is 4.74 Å². The van der Waals surface area contributed by atoms with E-state index in [2.05, 4.69) is 4.74 Å². The highest BCUT2D eigenvalue weighted by molar-refractivity contribution is 4.73. The largest absolute Gasteiger partial charge is 0.390 e. The Kier molecular flexibility index (Phi) is 2.02. The van der Waals surface area contributed by atoms with Gasteiger partial charge in [-0.15, -0.1) is 0 Å². The Bertz CT molecular complexity index is 85.0. The van der Waals surface area contributed by atoms with Crippen LogP contribution in [0.1, 0.15) is 6.42 Å². The lowest BCUT2D eigenvalue weighted by atomic mass is 10.1. The minimum Gasteiger partial charge on any atom is -0.390 e.